The lowest BCUT2D eigenvalue weighted by atomic mass is 9.90. The highest BCUT2D eigenvalue weighted by molar-refractivity contribution is 5.85. The fourth-order valence-electron chi connectivity index (χ4n) is 3.97. The molecule has 0 fully saturated rings. The molecule has 1 atom stereocenters. The number of benzene rings is 2. The van der Waals surface area contributed by atoms with Gasteiger partial charge in [0.15, 0.2) is 0 Å². The van der Waals surface area contributed by atoms with Gasteiger partial charge in [-0.05, 0) is 29.5 Å². The van der Waals surface area contributed by atoms with Crippen molar-refractivity contribution in [1.29, 1.82) is 0 Å². The minimum Gasteiger partial charge on any atom is -0.341 e. The molecule has 0 aliphatic carbocycles. The van der Waals surface area contributed by atoms with E-state index < -0.39 is 0 Å². The van der Waals surface area contributed by atoms with E-state index in [1.165, 1.54) is 11.1 Å². The molecule has 5 nitrogen and oxygen atoms in total. The molecule has 6 heteroatoms. The summed E-state index contributed by atoms with van der Waals surface area (Å²) in [6.07, 6.45) is 1.93. The molecule has 1 unspecified atom stereocenters. The van der Waals surface area contributed by atoms with E-state index in [1.54, 1.807) is 6.92 Å². The van der Waals surface area contributed by atoms with E-state index in [0.717, 1.165) is 18.4 Å². The van der Waals surface area contributed by atoms with Crippen LogP contribution in [0.4, 0.5) is 0 Å². The van der Waals surface area contributed by atoms with E-state index in [4.69, 9.17) is 5.73 Å². The Hall–Kier alpha value is -2.37. The molecule has 156 valence electrons. The summed E-state index contributed by atoms with van der Waals surface area (Å²) in [6.45, 7) is 3.83. The van der Waals surface area contributed by atoms with Crippen molar-refractivity contribution in [3.05, 3.63) is 71.3 Å². The minimum atomic E-state index is -0.202. The maximum atomic E-state index is 13.1. The standard InChI is InChI=1S/C23H29N3O2.ClH/c1-18(27)26-15-12-20-9-5-6-10-21(20)22(26)17-23(28)25(16-13-24)14-11-19-7-3-2-4-8-19;/h2-10,22H,11-17,24H2,1H3;1H. The largest absolute Gasteiger partial charge is 0.341 e. The summed E-state index contributed by atoms with van der Waals surface area (Å²) in [6, 6.07) is 18.1. The van der Waals surface area contributed by atoms with Crippen molar-refractivity contribution in [2.45, 2.75) is 32.2 Å². The van der Waals surface area contributed by atoms with Crippen LogP contribution in [0.25, 0.3) is 0 Å². The van der Waals surface area contributed by atoms with Gasteiger partial charge in [-0.15, -0.1) is 12.4 Å². The summed E-state index contributed by atoms with van der Waals surface area (Å²) in [7, 11) is 0. The topological polar surface area (TPSA) is 66.6 Å². The second kappa shape index (κ2) is 11.0. The number of rotatable bonds is 7. The van der Waals surface area contributed by atoms with Crippen LogP contribution in [0.5, 0.6) is 0 Å². The number of nitrogens with two attached hydrogens (primary N) is 1. The second-order valence-corrected chi connectivity index (χ2v) is 7.29. The summed E-state index contributed by atoms with van der Waals surface area (Å²) in [5, 5.41) is 0. The molecule has 0 saturated carbocycles. The Kier molecular flexibility index (Phi) is 8.68. The SMILES string of the molecule is CC(=O)N1CCc2ccccc2C1CC(=O)N(CCN)CCc1ccccc1.Cl. The van der Waals surface area contributed by atoms with Gasteiger partial charge in [0.05, 0.1) is 12.5 Å². The molecule has 2 N–H and O–H groups in total. The van der Waals surface area contributed by atoms with Gasteiger partial charge in [-0.25, -0.2) is 0 Å². The number of amides is 2. The summed E-state index contributed by atoms with van der Waals surface area (Å²) in [5.41, 5.74) is 9.28. The summed E-state index contributed by atoms with van der Waals surface area (Å²) in [4.78, 5) is 29.0. The van der Waals surface area contributed by atoms with E-state index in [0.29, 0.717) is 32.6 Å². The lowest BCUT2D eigenvalue weighted by Crippen LogP contribution is -2.43. The van der Waals surface area contributed by atoms with Crippen molar-refractivity contribution >= 4 is 24.2 Å². The quantitative estimate of drug-likeness (QED) is 0.755. The van der Waals surface area contributed by atoms with Crippen LogP contribution in [0, 0.1) is 0 Å². The maximum Gasteiger partial charge on any atom is 0.225 e. The van der Waals surface area contributed by atoms with Crippen molar-refractivity contribution in [3.8, 4) is 0 Å². The Labute approximate surface area is 179 Å². The Bertz CT molecular complexity index is 813. The Balaban J connectivity index is 0.00000300. The fourth-order valence-corrected chi connectivity index (χ4v) is 3.97. The molecule has 2 aromatic carbocycles. The van der Waals surface area contributed by atoms with E-state index in [-0.39, 0.29) is 30.3 Å². The van der Waals surface area contributed by atoms with Crippen LogP contribution in [0.2, 0.25) is 0 Å². The van der Waals surface area contributed by atoms with Crippen LogP contribution in [0.15, 0.2) is 54.6 Å². The Morgan fingerprint density at radius 3 is 2.45 bits per heavy atom. The summed E-state index contributed by atoms with van der Waals surface area (Å²) in [5.74, 6) is 0.0660. The van der Waals surface area contributed by atoms with Gasteiger partial charge >= 0.3 is 0 Å². The molecule has 1 heterocycles. The first-order valence-corrected chi connectivity index (χ1v) is 9.97. The van der Waals surface area contributed by atoms with Crippen LogP contribution in [0.1, 0.15) is 36.1 Å². The molecule has 0 spiro atoms. The van der Waals surface area contributed by atoms with Crippen LogP contribution in [0.3, 0.4) is 0 Å². The first-order valence-electron chi connectivity index (χ1n) is 9.97. The third-order valence-electron chi connectivity index (χ3n) is 5.45. The molecule has 29 heavy (non-hydrogen) atoms. The third kappa shape index (κ3) is 5.81. The molecule has 0 radical (unpaired) electrons. The van der Waals surface area contributed by atoms with Gasteiger partial charge in [0.2, 0.25) is 11.8 Å². The molecule has 2 aromatic rings. The number of hydrogen-bond donors (Lipinski definition) is 1. The highest BCUT2D eigenvalue weighted by Gasteiger charge is 2.31. The van der Waals surface area contributed by atoms with Crippen molar-refractivity contribution in [1.82, 2.24) is 9.80 Å². The van der Waals surface area contributed by atoms with Gasteiger partial charge in [-0.2, -0.15) is 0 Å². The molecule has 0 aromatic heterocycles. The predicted octanol–water partition coefficient (Wildman–Crippen LogP) is 2.97. The zero-order valence-corrected chi connectivity index (χ0v) is 17.7. The minimum absolute atomic E-state index is 0. The summed E-state index contributed by atoms with van der Waals surface area (Å²) < 4.78 is 0. The first kappa shape index (κ1) is 22.9. The molecule has 0 saturated heterocycles. The number of carbonyl (C=O) groups is 2. The molecular weight excluding hydrogens is 386 g/mol. The van der Waals surface area contributed by atoms with Crippen LogP contribution in [-0.2, 0) is 22.4 Å². The molecular formula is C23H30ClN3O2. The van der Waals surface area contributed by atoms with E-state index in [1.807, 2.05) is 46.2 Å². The van der Waals surface area contributed by atoms with E-state index >= 15 is 0 Å². The molecule has 1 aliphatic heterocycles. The van der Waals surface area contributed by atoms with Crippen LogP contribution in [-0.4, -0.2) is 47.8 Å². The highest BCUT2D eigenvalue weighted by Crippen LogP contribution is 2.32. The van der Waals surface area contributed by atoms with E-state index in [2.05, 4.69) is 18.2 Å². The summed E-state index contributed by atoms with van der Waals surface area (Å²) >= 11 is 0. The van der Waals surface area contributed by atoms with Crippen LogP contribution >= 0.6 is 12.4 Å². The normalized spacial score (nSPS) is 15.2. The van der Waals surface area contributed by atoms with Gasteiger partial charge in [-0.1, -0.05) is 54.6 Å². The zero-order valence-electron chi connectivity index (χ0n) is 16.9. The number of nitrogens with zero attached hydrogens (tertiary/aromatic N) is 2. The number of halogens is 1. The van der Waals surface area contributed by atoms with Crippen LogP contribution < -0.4 is 5.73 Å². The number of carbonyl (C=O) groups excluding carboxylic acids is 2. The average Bonchev–Trinajstić information content (AvgIpc) is 2.71. The Morgan fingerprint density at radius 1 is 1.07 bits per heavy atom. The monoisotopic (exact) mass is 415 g/mol. The molecule has 2 amide bonds. The van der Waals surface area contributed by atoms with Gasteiger partial charge in [0, 0.05) is 33.1 Å². The number of fused-ring (bicyclic) bond motifs is 1. The zero-order chi connectivity index (χ0) is 19.9. The van der Waals surface area contributed by atoms with Crippen molar-refractivity contribution in [2.24, 2.45) is 5.73 Å². The number of hydrogen-bond acceptors (Lipinski definition) is 3. The fraction of sp³-hybridized carbons (Fsp3) is 0.391. The van der Waals surface area contributed by atoms with Gasteiger partial charge < -0.3 is 15.5 Å². The average molecular weight is 416 g/mol. The second-order valence-electron chi connectivity index (χ2n) is 7.29. The smallest absolute Gasteiger partial charge is 0.225 e. The first-order chi connectivity index (χ1) is 13.6. The van der Waals surface area contributed by atoms with Crippen molar-refractivity contribution in [3.63, 3.8) is 0 Å². The predicted molar refractivity (Wildman–Crippen MR) is 118 cm³/mol. The van der Waals surface area contributed by atoms with E-state index in [9.17, 15) is 9.59 Å². The van der Waals surface area contributed by atoms with Crippen molar-refractivity contribution < 1.29 is 9.59 Å². The maximum absolute atomic E-state index is 13.1. The van der Waals surface area contributed by atoms with Crippen molar-refractivity contribution in [2.75, 3.05) is 26.2 Å². The van der Waals surface area contributed by atoms with Gasteiger partial charge in [-0.3, -0.25) is 9.59 Å². The molecule has 1 aliphatic rings. The highest BCUT2D eigenvalue weighted by atomic mass is 35.5. The lowest BCUT2D eigenvalue weighted by Gasteiger charge is -2.37. The van der Waals surface area contributed by atoms with Gasteiger partial charge in [0.1, 0.15) is 0 Å². The van der Waals surface area contributed by atoms with Gasteiger partial charge in [0.25, 0.3) is 0 Å². The lowest BCUT2D eigenvalue weighted by molar-refractivity contribution is -0.136. The molecule has 3 rings (SSSR count). The third-order valence-corrected chi connectivity index (χ3v) is 5.45. The molecule has 0 bridgehead atoms. The Morgan fingerprint density at radius 2 is 1.76 bits per heavy atom.